The van der Waals surface area contributed by atoms with Gasteiger partial charge in [0.1, 0.15) is 0 Å². The van der Waals surface area contributed by atoms with Gasteiger partial charge in [-0.05, 0) is 48.6 Å². The van der Waals surface area contributed by atoms with Gasteiger partial charge in [-0.3, -0.25) is 4.79 Å². The smallest absolute Gasteiger partial charge is 0.317 e. The lowest BCUT2D eigenvalue weighted by Crippen LogP contribution is -2.49. The molecule has 1 aromatic rings. The third-order valence-electron chi connectivity index (χ3n) is 3.94. The summed E-state index contributed by atoms with van der Waals surface area (Å²) in [5.74, 6) is -0.769. The number of carboxylic acid groups (broad SMARTS) is 1. The number of nitrogens with zero attached hydrogens (tertiary/aromatic N) is 1. The molecule has 1 fully saturated rings. The van der Waals surface area contributed by atoms with Crippen molar-refractivity contribution < 1.29 is 14.7 Å². The second kappa shape index (κ2) is 6.26. The average Bonchev–Trinajstić information content (AvgIpc) is 2.92. The van der Waals surface area contributed by atoms with Gasteiger partial charge in [0.05, 0.1) is 5.41 Å². The fraction of sp³-hybridized carbons (Fsp3) is 0.571. The van der Waals surface area contributed by atoms with E-state index in [-0.39, 0.29) is 6.03 Å². The highest BCUT2D eigenvalue weighted by molar-refractivity contribution is 7.07. The van der Waals surface area contributed by atoms with Gasteiger partial charge in [-0.1, -0.05) is 0 Å². The van der Waals surface area contributed by atoms with Crippen molar-refractivity contribution in [3.8, 4) is 0 Å². The first-order valence-electron chi connectivity index (χ1n) is 6.78. The molecule has 0 atom stereocenters. The van der Waals surface area contributed by atoms with Gasteiger partial charge in [-0.15, -0.1) is 0 Å². The van der Waals surface area contributed by atoms with Crippen molar-refractivity contribution in [2.24, 2.45) is 5.41 Å². The Hall–Kier alpha value is -1.56. The lowest BCUT2D eigenvalue weighted by molar-refractivity contribution is -0.150. The fourth-order valence-corrected chi connectivity index (χ4v) is 2.98. The van der Waals surface area contributed by atoms with Gasteiger partial charge < -0.3 is 15.3 Å². The molecule has 1 aliphatic rings. The Kier molecular flexibility index (Phi) is 4.65. The van der Waals surface area contributed by atoms with Gasteiger partial charge in [-0.2, -0.15) is 11.3 Å². The first kappa shape index (κ1) is 14.8. The summed E-state index contributed by atoms with van der Waals surface area (Å²) < 4.78 is 0. The topological polar surface area (TPSA) is 69.6 Å². The van der Waals surface area contributed by atoms with Gasteiger partial charge in [0.15, 0.2) is 0 Å². The van der Waals surface area contributed by atoms with E-state index in [0.29, 0.717) is 32.5 Å². The molecule has 2 amide bonds. The molecule has 2 N–H and O–H groups in total. The molecule has 0 radical (unpaired) electrons. The predicted octanol–water partition coefficient (Wildman–Crippen LogP) is 2.19. The summed E-state index contributed by atoms with van der Waals surface area (Å²) in [6, 6.07) is 1.96. The Balaban J connectivity index is 1.73. The third kappa shape index (κ3) is 3.50. The number of thiophene rings is 1. The summed E-state index contributed by atoms with van der Waals surface area (Å²) >= 11 is 1.65. The van der Waals surface area contributed by atoms with Crippen molar-refractivity contribution in [2.75, 3.05) is 19.6 Å². The Bertz CT molecular complexity index is 465. The highest BCUT2D eigenvalue weighted by Gasteiger charge is 2.37. The number of nitrogens with one attached hydrogen (secondary N) is 1. The molecule has 20 heavy (non-hydrogen) atoms. The van der Waals surface area contributed by atoms with E-state index in [9.17, 15) is 9.59 Å². The SMILES string of the molecule is CC1(C(=O)O)CCN(C(=O)NCCc2ccsc2)CC1. The average molecular weight is 296 g/mol. The van der Waals surface area contributed by atoms with E-state index >= 15 is 0 Å². The van der Waals surface area contributed by atoms with Crippen LogP contribution in [-0.2, 0) is 11.2 Å². The molecule has 0 spiro atoms. The number of carbonyl (C=O) groups is 2. The van der Waals surface area contributed by atoms with E-state index in [4.69, 9.17) is 5.11 Å². The van der Waals surface area contributed by atoms with Crippen LogP contribution in [-0.4, -0.2) is 41.6 Å². The van der Waals surface area contributed by atoms with Gasteiger partial charge >= 0.3 is 12.0 Å². The zero-order valence-electron chi connectivity index (χ0n) is 11.6. The van der Waals surface area contributed by atoms with Crippen LogP contribution in [0.4, 0.5) is 4.79 Å². The molecule has 0 bridgehead atoms. The summed E-state index contributed by atoms with van der Waals surface area (Å²) in [4.78, 5) is 24.8. The molecule has 0 unspecified atom stereocenters. The van der Waals surface area contributed by atoms with Crippen LogP contribution >= 0.6 is 11.3 Å². The first-order chi connectivity index (χ1) is 9.51. The molecule has 0 aromatic carbocycles. The van der Waals surface area contributed by atoms with Gasteiger partial charge in [0.2, 0.25) is 0 Å². The Labute approximate surface area is 122 Å². The molecule has 0 saturated carbocycles. The monoisotopic (exact) mass is 296 g/mol. The number of hydrogen-bond acceptors (Lipinski definition) is 3. The summed E-state index contributed by atoms with van der Waals surface area (Å²) in [6.45, 7) is 3.38. The highest BCUT2D eigenvalue weighted by atomic mass is 32.1. The number of amides is 2. The van der Waals surface area contributed by atoms with Gasteiger partial charge in [-0.25, -0.2) is 4.79 Å². The molecular formula is C14H20N2O3S. The minimum Gasteiger partial charge on any atom is -0.481 e. The minimum absolute atomic E-state index is 0.0901. The van der Waals surface area contributed by atoms with Crippen LogP contribution in [0.3, 0.4) is 0 Å². The number of carbonyl (C=O) groups excluding carboxylic acids is 1. The van der Waals surface area contributed by atoms with Crippen LogP contribution in [0.25, 0.3) is 0 Å². The van der Waals surface area contributed by atoms with Crippen LogP contribution in [0.15, 0.2) is 16.8 Å². The van der Waals surface area contributed by atoms with Crippen molar-refractivity contribution in [3.05, 3.63) is 22.4 Å². The van der Waals surface area contributed by atoms with E-state index in [1.165, 1.54) is 5.56 Å². The number of hydrogen-bond donors (Lipinski definition) is 2. The number of aliphatic carboxylic acids is 1. The molecular weight excluding hydrogens is 276 g/mol. The standard InChI is InChI=1S/C14H20N2O3S/c1-14(12(17)18)4-7-16(8-5-14)13(19)15-6-2-11-3-9-20-10-11/h3,9-10H,2,4-8H2,1H3,(H,15,19)(H,17,18). The molecule has 1 saturated heterocycles. The fourth-order valence-electron chi connectivity index (χ4n) is 2.28. The van der Waals surface area contributed by atoms with E-state index in [0.717, 1.165) is 6.42 Å². The maximum absolute atomic E-state index is 12.0. The van der Waals surface area contributed by atoms with Gasteiger partial charge in [0.25, 0.3) is 0 Å². The van der Waals surface area contributed by atoms with E-state index in [1.54, 1.807) is 23.2 Å². The molecule has 2 heterocycles. The summed E-state index contributed by atoms with van der Waals surface area (Å²) in [7, 11) is 0. The Morgan fingerprint density at radius 1 is 1.45 bits per heavy atom. The molecule has 6 heteroatoms. The van der Waals surface area contributed by atoms with Crippen LogP contribution in [0.2, 0.25) is 0 Å². The Morgan fingerprint density at radius 2 is 2.15 bits per heavy atom. The van der Waals surface area contributed by atoms with Crippen molar-refractivity contribution in [2.45, 2.75) is 26.2 Å². The summed E-state index contributed by atoms with van der Waals surface area (Å²) in [5.41, 5.74) is 0.542. The largest absolute Gasteiger partial charge is 0.481 e. The van der Waals surface area contributed by atoms with Crippen LogP contribution < -0.4 is 5.32 Å². The van der Waals surface area contributed by atoms with E-state index in [1.807, 2.05) is 5.38 Å². The van der Waals surface area contributed by atoms with Crippen molar-refractivity contribution in [1.29, 1.82) is 0 Å². The molecule has 1 aliphatic heterocycles. The minimum atomic E-state index is -0.769. The number of urea groups is 1. The Morgan fingerprint density at radius 3 is 2.70 bits per heavy atom. The predicted molar refractivity (Wildman–Crippen MR) is 78.0 cm³/mol. The maximum Gasteiger partial charge on any atom is 0.317 e. The molecule has 2 rings (SSSR count). The maximum atomic E-state index is 12.0. The van der Waals surface area contributed by atoms with Crippen molar-refractivity contribution in [1.82, 2.24) is 10.2 Å². The molecule has 110 valence electrons. The summed E-state index contributed by atoms with van der Waals surface area (Å²) in [6.07, 6.45) is 1.86. The first-order valence-corrected chi connectivity index (χ1v) is 7.73. The third-order valence-corrected chi connectivity index (χ3v) is 4.67. The zero-order valence-corrected chi connectivity index (χ0v) is 12.4. The van der Waals surface area contributed by atoms with Crippen LogP contribution in [0.5, 0.6) is 0 Å². The zero-order chi connectivity index (χ0) is 14.6. The van der Waals surface area contributed by atoms with Crippen LogP contribution in [0.1, 0.15) is 25.3 Å². The van der Waals surface area contributed by atoms with Crippen molar-refractivity contribution >= 4 is 23.3 Å². The van der Waals surface area contributed by atoms with E-state index in [2.05, 4.69) is 16.8 Å². The van der Waals surface area contributed by atoms with Crippen LogP contribution in [0, 0.1) is 5.41 Å². The molecule has 5 nitrogen and oxygen atoms in total. The van der Waals surface area contributed by atoms with Gasteiger partial charge in [0, 0.05) is 19.6 Å². The van der Waals surface area contributed by atoms with E-state index < -0.39 is 11.4 Å². The second-order valence-electron chi connectivity index (χ2n) is 5.47. The van der Waals surface area contributed by atoms with Crippen molar-refractivity contribution in [3.63, 3.8) is 0 Å². The molecule has 1 aromatic heterocycles. The summed E-state index contributed by atoms with van der Waals surface area (Å²) in [5, 5.41) is 16.1. The lowest BCUT2D eigenvalue weighted by atomic mass is 9.80. The number of carboxylic acids is 1. The number of rotatable bonds is 4. The quantitative estimate of drug-likeness (QED) is 0.895. The number of likely N-dealkylation sites (tertiary alicyclic amines) is 1. The lowest BCUT2D eigenvalue weighted by Gasteiger charge is -2.36. The normalized spacial score (nSPS) is 17.8. The highest BCUT2D eigenvalue weighted by Crippen LogP contribution is 2.30. The second-order valence-corrected chi connectivity index (χ2v) is 6.25. The molecule has 0 aliphatic carbocycles. The number of piperidine rings is 1.